The Kier molecular flexibility index (Phi) is 5.41. The number of amides is 1. The van der Waals surface area contributed by atoms with Gasteiger partial charge in [-0.2, -0.15) is 0 Å². The minimum atomic E-state index is 0.215. The molecule has 0 unspecified atom stereocenters. The molecule has 2 aromatic rings. The van der Waals surface area contributed by atoms with Gasteiger partial charge in [0.1, 0.15) is 11.6 Å². The second-order valence-corrected chi connectivity index (χ2v) is 6.94. The summed E-state index contributed by atoms with van der Waals surface area (Å²) in [5.41, 5.74) is 2.53. The van der Waals surface area contributed by atoms with Gasteiger partial charge in [0.15, 0.2) is 0 Å². The number of fused-ring (bicyclic) bond motifs is 1. The Bertz CT molecular complexity index is 736. The van der Waals surface area contributed by atoms with Crippen molar-refractivity contribution in [1.29, 1.82) is 0 Å². The van der Waals surface area contributed by atoms with Crippen LogP contribution in [0.2, 0.25) is 0 Å². The van der Waals surface area contributed by atoms with Gasteiger partial charge in [0.2, 0.25) is 5.91 Å². The van der Waals surface area contributed by atoms with E-state index in [4.69, 9.17) is 4.74 Å². The number of aromatic nitrogens is 2. The number of ether oxygens (including phenoxy) is 1. The Morgan fingerprint density at radius 1 is 1.32 bits per heavy atom. The van der Waals surface area contributed by atoms with Crippen molar-refractivity contribution >= 4 is 5.91 Å². The van der Waals surface area contributed by atoms with Gasteiger partial charge >= 0.3 is 0 Å². The van der Waals surface area contributed by atoms with Gasteiger partial charge < -0.3 is 14.2 Å². The van der Waals surface area contributed by atoms with Gasteiger partial charge in [-0.1, -0.05) is 19.9 Å². The van der Waals surface area contributed by atoms with Crippen molar-refractivity contribution in [2.24, 2.45) is 0 Å². The first-order valence-electron chi connectivity index (χ1n) is 9.03. The molecule has 5 heteroatoms. The van der Waals surface area contributed by atoms with E-state index in [1.807, 2.05) is 23.4 Å². The molecule has 25 heavy (non-hydrogen) atoms. The summed E-state index contributed by atoms with van der Waals surface area (Å²) in [6, 6.07) is 6.17. The minimum absolute atomic E-state index is 0.215. The summed E-state index contributed by atoms with van der Waals surface area (Å²) in [7, 11) is 1.69. The Labute approximate surface area is 149 Å². The summed E-state index contributed by atoms with van der Waals surface area (Å²) in [5.74, 6) is 2.51. The summed E-state index contributed by atoms with van der Waals surface area (Å²) in [6.07, 6.45) is 6.28. The van der Waals surface area contributed by atoms with Crippen molar-refractivity contribution in [2.45, 2.75) is 52.1 Å². The number of benzene rings is 1. The molecule has 5 nitrogen and oxygen atoms in total. The molecule has 2 heterocycles. The van der Waals surface area contributed by atoms with Crippen LogP contribution in [0.1, 0.15) is 49.6 Å². The first-order chi connectivity index (χ1) is 12.1. The molecule has 0 saturated carbocycles. The lowest BCUT2D eigenvalue weighted by atomic mass is 10.0. The summed E-state index contributed by atoms with van der Waals surface area (Å²) < 4.78 is 7.41. The molecule has 1 aromatic heterocycles. The smallest absolute Gasteiger partial charge is 0.224 e. The number of imidazole rings is 1. The van der Waals surface area contributed by atoms with Gasteiger partial charge in [-0.15, -0.1) is 0 Å². The lowest BCUT2D eigenvalue weighted by Gasteiger charge is -2.21. The predicted molar refractivity (Wildman–Crippen MR) is 97.7 cm³/mol. The third kappa shape index (κ3) is 4.03. The highest BCUT2D eigenvalue weighted by Gasteiger charge is 2.19. The predicted octanol–water partition coefficient (Wildman–Crippen LogP) is 3.38. The fourth-order valence-electron chi connectivity index (χ4n) is 3.46. The van der Waals surface area contributed by atoms with Crippen LogP contribution in [-0.4, -0.2) is 34.0 Å². The van der Waals surface area contributed by atoms with Crippen molar-refractivity contribution in [2.75, 3.05) is 13.7 Å². The zero-order valence-corrected chi connectivity index (χ0v) is 15.4. The Hall–Kier alpha value is -2.30. The topological polar surface area (TPSA) is 47.4 Å². The molecule has 0 spiro atoms. The molecule has 0 saturated heterocycles. The van der Waals surface area contributed by atoms with Gasteiger partial charge in [0, 0.05) is 44.4 Å². The highest BCUT2D eigenvalue weighted by Crippen LogP contribution is 2.24. The number of carbonyl (C=O) groups excluding carboxylic acids is 1. The number of aryl methyl sites for hydroxylation is 2. The number of methoxy groups -OCH3 is 1. The monoisotopic (exact) mass is 341 g/mol. The maximum absolute atomic E-state index is 12.7. The van der Waals surface area contributed by atoms with Gasteiger partial charge in [-0.3, -0.25) is 4.79 Å². The van der Waals surface area contributed by atoms with E-state index in [1.165, 1.54) is 11.1 Å². The first-order valence-corrected chi connectivity index (χ1v) is 9.03. The van der Waals surface area contributed by atoms with Crippen LogP contribution in [0.4, 0.5) is 0 Å². The van der Waals surface area contributed by atoms with Crippen LogP contribution in [0.5, 0.6) is 5.75 Å². The SMILES string of the molecule is COc1ccc2c(c1)CCCN(C(=O)CCn1ccnc1C(C)C)C2. The molecular weight excluding hydrogens is 314 g/mol. The molecule has 0 atom stereocenters. The van der Waals surface area contributed by atoms with Crippen molar-refractivity contribution in [3.63, 3.8) is 0 Å². The normalized spacial score (nSPS) is 14.3. The summed E-state index contributed by atoms with van der Waals surface area (Å²) in [5, 5.41) is 0. The number of hydrogen-bond donors (Lipinski definition) is 0. The van der Waals surface area contributed by atoms with E-state index in [2.05, 4.69) is 35.5 Å². The van der Waals surface area contributed by atoms with Crippen LogP contribution in [0.3, 0.4) is 0 Å². The Morgan fingerprint density at radius 2 is 2.16 bits per heavy atom. The molecule has 0 aliphatic carbocycles. The molecule has 1 aliphatic rings. The average Bonchev–Trinajstić information content (AvgIpc) is 2.98. The zero-order valence-electron chi connectivity index (χ0n) is 15.4. The average molecular weight is 341 g/mol. The van der Waals surface area contributed by atoms with Crippen LogP contribution in [0.25, 0.3) is 0 Å². The Balaban J connectivity index is 1.65. The molecule has 1 aromatic carbocycles. The highest BCUT2D eigenvalue weighted by molar-refractivity contribution is 5.76. The van der Waals surface area contributed by atoms with Crippen LogP contribution in [0, 0.1) is 0 Å². The molecule has 134 valence electrons. The number of rotatable bonds is 5. The van der Waals surface area contributed by atoms with Crippen LogP contribution >= 0.6 is 0 Å². The van der Waals surface area contributed by atoms with Crippen molar-refractivity contribution in [3.05, 3.63) is 47.5 Å². The Morgan fingerprint density at radius 3 is 2.92 bits per heavy atom. The van der Waals surface area contributed by atoms with E-state index >= 15 is 0 Å². The van der Waals surface area contributed by atoms with E-state index in [0.717, 1.165) is 31.0 Å². The fourth-order valence-corrected chi connectivity index (χ4v) is 3.46. The number of carbonyl (C=O) groups is 1. The second-order valence-electron chi connectivity index (χ2n) is 6.94. The molecule has 0 radical (unpaired) electrons. The minimum Gasteiger partial charge on any atom is -0.497 e. The van der Waals surface area contributed by atoms with E-state index in [0.29, 0.717) is 25.4 Å². The number of nitrogens with zero attached hydrogens (tertiary/aromatic N) is 3. The van der Waals surface area contributed by atoms with Crippen molar-refractivity contribution in [1.82, 2.24) is 14.5 Å². The fraction of sp³-hybridized carbons (Fsp3) is 0.500. The lowest BCUT2D eigenvalue weighted by Crippen LogP contribution is -2.31. The molecule has 1 aliphatic heterocycles. The van der Waals surface area contributed by atoms with Gasteiger partial charge in [-0.25, -0.2) is 4.98 Å². The van der Waals surface area contributed by atoms with Crippen LogP contribution in [0.15, 0.2) is 30.6 Å². The highest BCUT2D eigenvalue weighted by atomic mass is 16.5. The summed E-state index contributed by atoms with van der Waals surface area (Å²) in [4.78, 5) is 19.1. The van der Waals surface area contributed by atoms with Crippen LogP contribution in [-0.2, 0) is 24.3 Å². The molecule has 0 fully saturated rings. The van der Waals surface area contributed by atoms with E-state index in [9.17, 15) is 4.79 Å². The lowest BCUT2D eigenvalue weighted by molar-refractivity contribution is -0.132. The van der Waals surface area contributed by atoms with Crippen LogP contribution < -0.4 is 4.74 Å². The molecule has 3 rings (SSSR count). The maximum atomic E-state index is 12.7. The molecule has 0 N–H and O–H groups in total. The largest absolute Gasteiger partial charge is 0.497 e. The van der Waals surface area contributed by atoms with Gasteiger partial charge in [0.05, 0.1) is 7.11 Å². The summed E-state index contributed by atoms with van der Waals surface area (Å²) in [6.45, 7) is 6.45. The van der Waals surface area contributed by atoms with Gasteiger partial charge in [-0.05, 0) is 36.1 Å². The molecular formula is C20H27N3O2. The van der Waals surface area contributed by atoms with E-state index < -0.39 is 0 Å². The van der Waals surface area contributed by atoms with E-state index in [-0.39, 0.29) is 5.91 Å². The van der Waals surface area contributed by atoms with Gasteiger partial charge in [0.25, 0.3) is 0 Å². The standard InChI is InChI=1S/C20H27N3O2/c1-15(2)20-21-9-12-22(20)11-8-19(24)23-10-4-5-16-13-18(25-3)7-6-17(16)14-23/h6-7,9,12-13,15H,4-5,8,10-11,14H2,1-3H3. The third-order valence-electron chi connectivity index (χ3n) is 4.83. The summed E-state index contributed by atoms with van der Waals surface area (Å²) >= 11 is 0. The quantitative estimate of drug-likeness (QED) is 0.837. The molecule has 1 amide bonds. The van der Waals surface area contributed by atoms with Crippen molar-refractivity contribution in [3.8, 4) is 5.75 Å². The second kappa shape index (κ2) is 7.72. The zero-order chi connectivity index (χ0) is 17.8. The number of hydrogen-bond acceptors (Lipinski definition) is 3. The van der Waals surface area contributed by atoms with E-state index in [1.54, 1.807) is 7.11 Å². The van der Waals surface area contributed by atoms with Crippen molar-refractivity contribution < 1.29 is 9.53 Å². The third-order valence-corrected chi connectivity index (χ3v) is 4.83. The first kappa shape index (κ1) is 17.5. The maximum Gasteiger partial charge on any atom is 0.224 e. The molecule has 0 bridgehead atoms.